The fourth-order valence-corrected chi connectivity index (χ4v) is 2.61. The summed E-state index contributed by atoms with van der Waals surface area (Å²) in [6.07, 6.45) is 2.93. The van der Waals surface area contributed by atoms with Gasteiger partial charge in [-0.1, -0.05) is 18.0 Å². The van der Waals surface area contributed by atoms with Crippen molar-refractivity contribution >= 4 is 23.3 Å². The third-order valence-electron chi connectivity index (χ3n) is 3.74. The number of rotatable bonds is 4. The SMILES string of the molecule is COC(=O)C1(CN(C)c2ccc(Cl)cc2)CCC1. The zero-order chi connectivity index (χ0) is 13.2. The maximum absolute atomic E-state index is 11.9. The predicted molar refractivity (Wildman–Crippen MR) is 73.0 cm³/mol. The van der Waals surface area contributed by atoms with Crippen LogP contribution in [0.3, 0.4) is 0 Å². The standard InChI is InChI=1S/C14H18ClNO2/c1-16(12-6-4-11(15)5-7-12)10-14(8-3-9-14)13(17)18-2/h4-7H,3,8-10H2,1-2H3. The van der Waals surface area contributed by atoms with E-state index in [2.05, 4.69) is 4.90 Å². The van der Waals surface area contributed by atoms with Gasteiger partial charge < -0.3 is 9.64 Å². The van der Waals surface area contributed by atoms with Crippen molar-refractivity contribution in [3.8, 4) is 0 Å². The van der Waals surface area contributed by atoms with Crippen LogP contribution in [0.25, 0.3) is 0 Å². The molecule has 18 heavy (non-hydrogen) atoms. The lowest BCUT2D eigenvalue weighted by atomic mass is 9.68. The van der Waals surface area contributed by atoms with Gasteiger partial charge >= 0.3 is 5.97 Å². The number of esters is 1. The molecule has 2 rings (SSSR count). The number of hydrogen-bond acceptors (Lipinski definition) is 3. The minimum absolute atomic E-state index is 0.0884. The Balaban J connectivity index is 2.08. The minimum atomic E-state index is -0.316. The van der Waals surface area contributed by atoms with Crippen molar-refractivity contribution in [3.05, 3.63) is 29.3 Å². The van der Waals surface area contributed by atoms with E-state index in [9.17, 15) is 4.79 Å². The average Bonchev–Trinajstić information content (AvgIpc) is 2.33. The largest absolute Gasteiger partial charge is 0.469 e. The molecule has 1 fully saturated rings. The number of nitrogens with zero attached hydrogens (tertiary/aromatic N) is 1. The first-order chi connectivity index (χ1) is 8.57. The highest BCUT2D eigenvalue weighted by atomic mass is 35.5. The van der Waals surface area contributed by atoms with Crippen LogP contribution in [0.2, 0.25) is 5.02 Å². The first kappa shape index (κ1) is 13.2. The fraction of sp³-hybridized carbons (Fsp3) is 0.500. The molecule has 0 aromatic heterocycles. The molecule has 1 aliphatic rings. The van der Waals surface area contributed by atoms with Crippen LogP contribution in [0.15, 0.2) is 24.3 Å². The Morgan fingerprint density at radius 2 is 2.00 bits per heavy atom. The molecule has 1 saturated carbocycles. The molecule has 0 atom stereocenters. The predicted octanol–water partition coefficient (Wildman–Crippen LogP) is 3.12. The van der Waals surface area contributed by atoms with Crippen LogP contribution in [0.4, 0.5) is 5.69 Å². The molecule has 0 saturated heterocycles. The van der Waals surface area contributed by atoms with Gasteiger partial charge in [-0.05, 0) is 37.1 Å². The summed E-state index contributed by atoms with van der Waals surface area (Å²) < 4.78 is 4.93. The number of benzene rings is 1. The van der Waals surface area contributed by atoms with E-state index in [0.29, 0.717) is 6.54 Å². The summed E-state index contributed by atoms with van der Waals surface area (Å²) in [5, 5.41) is 0.721. The Morgan fingerprint density at radius 1 is 1.39 bits per heavy atom. The van der Waals surface area contributed by atoms with Crippen LogP contribution >= 0.6 is 11.6 Å². The second kappa shape index (κ2) is 5.19. The van der Waals surface area contributed by atoms with Gasteiger partial charge in [0.25, 0.3) is 0 Å². The van der Waals surface area contributed by atoms with E-state index in [4.69, 9.17) is 16.3 Å². The first-order valence-electron chi connectivity index (χ1n) is 6.12. The molecule has 0 N–H and O–H groups in total. The number of carbonyl (C=O) groups is 1. The number of ether oxygens (including phenoxy) is 1. The summed E-state index contributed by atoms with van der Waals surface area (Å²) in [5.41, 5.74) is 0.748. The molecule has 1 aromatic carbocycles. The topological polar surface area (TPSA) is 29.5 Å². The minimum Gasteiger partial charge on any atom is -0.469 e. The third-order valence-corrected chi connectivity index (χ3v) is 3.99. The number of hydrogen-bond donors (Lipinski definition) is 0. The summed E-state index contributed by atoms with van der Waals surface area (Å²) in [6.45, 7) is 0.696. The molecule has 0 radical (unpaired) electrons. The Bertz CT molecular complexity index is 426. The molecule has 0 aliphatic heterocycles. The molecular weight excluding hydrogens is 250 g/mol. The first-order valence-corrected chi connectivity index (χ1v) is 6.50. The van der Waals surface area contributed by atoms with Gasteiger partial charge in [0.05, 0.1) is 12.5 Å². The fourth-order valence-electron chi connectivity index (χ4n) is 2.49. The Labute approximate surface area is 113 Å². The van der Waals surface area contributed by atoms with Gasteiger partial charge in [-0.3, -0.25) is 4.79 Å². The van der Waals surface area contributed by atoms with Crippen molar-refractivity contribution < 1.29 is 9.53 Å². The number of anilines is 1. The number of carbonyl (C=O) groups excluding carboxylic acids is 1. The van der Waals surface area contributed by atoms with E-state index < -0.39 is 0 Å². The molecule has 0 amide bonds. The lowest BCUT2D eigenvalue weighted by Crippen LogP contribution is -2.47. The zero-order valence-corrected chi connectivity index (χ0v) is 11.5. The molecule has 0 bridgehead atoms. The quantitative estimate of drug-likeness (QED) is 0.785. The molecule has 3 nitrogen and oxygen atoms in total. The van der Waals surface area contributed by atoms with E-state index >= 15 is 0 Å². The van der Waals surface area contributed by atoms with E-state index in [-0.39, 0.29) is 11.4 Å². The maximum Gasteiger partial charge on any atom is 0.313 e. The molecule has 0 spiro atoms. The highest BCUT2D eigenvalue weighted by Gasteiger charge is 2.46. The van der Waals surface area contributed by atoms with Crippen molar-refractivity contribution in [1.82, 2.24) is 0 Å². The van der Waals surface area contributed by atoms with Gasteiger partial charge in [0.15, 0.2) is 0 Å². The molecule has 4 heteroatoms. The molecule has 0 unspecified atom stereocenters. The van der Waals surface area contributed by atoms with Crippen molar-refractivity contribution in [2.24, 2.45) is 5.41 Å². The summed E-state index contributed by atoms with van der Waals surface area (Å²) in [4.78, 5) is 14.0. The molecule has 1 aliphatic carbocycles. The number of methoxy groups -OCH3 is 1. The van der Waals surface area contributed by atoms with E-state index in [1.807, 2.05) is 31.3 Å². The zero-order valence-electron chi connectivity index (χ0n) is 10.8. The maximum atomic E-state index is 11.9. The van der Waals surface area contributed by atoms with Gasteiger partial charge in [0.2, 0.25) is 0 Å². The highest BCUT2D eigenvalue weighted by Crippen LogP contribution is 2.43. The Hall–Kier alpha value is -1.22. The summed E-state index contributed by atoms with van der Waals surface area (Å²) in [5.74, 6) is -0.0884. The van der Waals surface area contributed by atoms with Crippen LogP contribution in [-0.4, -0.2) is 26.7 Å². The smallest absolute Gasteiger partial charge is 0.313 e. The third kappa shape index (κ3) is 2.46. The van der Waals surface area contributed by atoms with E-state index in [1.54, 1.807) is 0 Å². The van der Waals surface area contributed by atoms with Crippen LogP contribution in [0.5, 0.6) is 0 Å². The second-order valence-corrected chi connectivity index (χ2v) is 5.39. The van der Waals surface area contributed by atoms with E-state index in [1.165, 1.54) is 7.11 Å². The Kier molecular flexibility index (Phi) is 3.81. The van der Waals surface area contributed by atoms with Crippen molar-refractivity contribution in [2.45, 2.75) is 19.3 Å². The molecule has 98 valence electrons. The summed E-state index contributed by atoms with van der Waals surface area (Å²) in [7, 11) is 3.46. The van der Waals surface area contributed by atoms with Crippen molar-refractivity contribution in [3.63, 3.8) is 0 Å². The van der Waals surface area contributed by atoms with Crippen LogP contribution in [0.1, 0.15) is 19.3 Å². The lowest BCUT2D eigenvalue weighted by molar-refractivity contribution is -0.157. The van der Waals surface area contributed by atoms with Gasteiger partial charge in [-0.25, -0.2) is 0 Å². The second-order valence-electron chi connectivity index (χ2n) is 4.96. The molecule has 0 heterocycles. The average molecular weight is 268 g/mol. The highest BCUT2D eigenvalue weighted by molar-refractivity contribution is 6.30. The molecule has 1 aromatic rings. The van der Waals surface area contributed by atoms with Crippen LogP contribution < -0.4 is 4.90 Å². The molecular formula is C14H18ClNO2. The normalized spacial score (nSPS) is 16.8. The van der Waals surface area contributed by atoms with E-state index in [0.717, 1.165) is 30.0 Å². The summed E-state index contributed by atoms with van der Waals surface area (Å²) >= 11 is 5.87. The van der Waals surface area contributed by atoms with Gasteiger partial charge in [0.1, 0.15) is 0 Å². The lowest BCUT2D eigenvalue weighted by Gasteiger charge is -2.42. The monoisotopic (exact) mass is 267 g/mol. The van der Waals surface area contributed by atoms with Crippen molar-refractivity contribution in [1.29, 1.82) is 0 Å². The van der Waals surface area contributed by atoms with Crippen LogP contribution in [0, 0.1) is 5.41 Å². The van der Waals surface area contributed by atoms with Crippen LogP contribution in [-0.2, 0) is 9.53 Å². The Morgan fingerprint density at radius 3 is 2.44 bits per heavy atom. The van der Waals surface area contributed by atoms with Gasteiger partial charge in [0, 0.05) is 24.3 Å². The van der Waals surface area contributed by atoms with Gasteiger partial charge in [-0.2, -0.15) is 0 Å². The van der Waals surface area contributed by atoms with Crippen molar-refractivity contribution in [2.75, 3.05) is 25.6 Å². The van der Waals surface area contributed by atoms with Gasteiger partial charge in [-0.15, -0.1) is 0 Å². The summed E-state index contributed by atoms with van der Waals surface area (Å²) in [6, 6.07) is 7.65. The number of halogens is 1.